The Morgan fingerprint density at radius 3 is 2.12 bits per heavy atom. The van der Waals surface area contributed by atoms with Crippen molar-refractivity contribution in [1.29, 1.82) is 0 Å². The molecule has 0 spiro atoms. The lowest BCUT2D eigenvalue weighted by atomic mass is 9.98. The second-order valence-corrected chi connectivity index (χ2v) is 4.83. The van der Waals surface area contributed by atoms with Gasteiger partial charge in [-0.05, 0) is 47.9 Å². The number of aryl methyl sites for hydroxylation is 1. The van der Waals surface area contributed by atoms with E-state index in [9.17, 15) is 5.11 Å². The van der Waals surface area contributed by atoms with E-state index < -0.39 is 6.10 Å². The highest BCUT2D eigenvalue weighted by Gasteiger charge is 2.12. The maximum Gasteiger partial charge on any atom is 0.104 e. The lowest BCUT2D eigenvalue weighted by Crippen LogP contribution is -2.01. The minimum Gasteiger partial charge on any atom is -0.384 e. The van der Waals surface area contributed by atoms with E-state index in [0.29, 0.717) is 10.0 Å². The van der Waals surface area contributed by atoms with Crippen LogP contribution in [0.4, 0.5) is 0 Å². The van der Waals surface area contributed by atoms with Crippen molar-refractivity contribution in [2.24, 2.45) is 0 Å². The monoisotopic (exact) mass is 266 g/mol. The zero-order valence-corrected chi connectivity index (χ0v) is 10.8. The van der Waals surface area contributed by atoms with Crippen LogP contribution in [-0.2, 0) is 0 Å². The van der Waals surface area contributed by atoms with Gasteiger partial charge in [-0.25, -0.2) is 0 Å². The molecule has 88 valence electrons. The van der Waals surface area contributed by atoms with E-state index in [2.05, 4.69) is 0 Å². The molecule has 1 unspecified atom stereocenters. The van der Waals surface area contributed by atoms with Crippen LogP contribution in [0.15, 0.2) is 42.5 Å². The molecule has 1 atom stereocenters. The summed E-state index contributed by atoms with van der Waals surface area (Å²) in [6, 6.07) is 12.6. The molecule has 0 saturated carbocycles. The highest BCUT2D eigenvalue weighted by Crippen LogP contribution is 2.27. The van der Waals surface area contributed by atoms with Crippen LogP contribution in [0.1, 0.15) is 22.8 Å². The number of hydrogen-bond donors (Lipinski definition) is 1. The average molecular weight is 267 g/mol. The number of aliphatic hydroxyl groups excluding tert-OH is 1. The Bertz CT molecular complexity index is 520. The summed E-state index contributed by atoms with van der Waals surface area (Å²) in [4.78, 5) is 0. The number of hydrogen-bond acceptors (Lipinski definition) is 1. The van der Waals surface area contributed by atoms with Crippen LogP contribution in [0.2, 0.25) is 10.0 Å². The fourth-order valence-electron chi connectivity index (χ4n) is 1.77. The van der Waals surface area contributed by atoms with Crippen LogP contribution in [0, 0.1) is 6.92 Å². The normalized spacial score (nSPS) is 12.5. The number of rotatable bonds is 2. The van der Waals surface area contributed by atoms with Gasteiger partial charge in [0.15, 0.2) is 0 Å². The van der Waals surface area contributed by atoms with Crippen molar-refractivity contribution in [3.8, 4) is 0 Å². The van der Waals surface area contributed by atoms with Crippen molar-refractivity contribution >= 4 is 23.2 Å². The lowest BCUT2D eigenvalue weighted by Gasteiger charge is -2.14. The molecule has 0 saturated heterocycles. The van der Waals surface area contributed by atoms with Crippen molar-refractivity contribution in [3.63, 3.8) is 0 Å². The molecule has 2 rings (SSSR count). The van der Waals surface area contributed by atoms with Crippen LogP contribution in [0.25, 0.3) is 0 Å². The van der Waals surface area contributed by atoms with Crippen molar-refractivity contribution in [2.75, 3.05) is 0 Å². The molecule has 0 bridgehead atoms. The summed E-state index contributed by atoms with van der Waals surface area (Å²) in [6.07, 6.45) is -0.649. The molecule has 0 fully saturated rings. The number of benzene rings is 2. The van der Waals surface area contributed by atoms with Crippen LogP contribution in [0.5, 0.6) is 0 Å². The molecule has 17 heavy (non-hydrogen) atoms. The van der Waals surface area contributed by atoms with Gasteiger partial charge in [0.2, 0.25) is 0 Å². The highest BCUT2D eigenvalue weighted by molar-refractivity contribution is 6.30. The van der Waals surface area contributed by atoms with Crippen LogP contribution in [-0.4, -0.2) is 5.11 Å². The van der Waals surface area contributed by atoms with Gasteiger partial charge in [0.05, 0.1) is 0 Å². The molecule has 2 aromatic carbocycles. The first-order chi connectivity index (χ1) is 8.08. The SMILES string of the molecule is Cc1cc(Cl)ccc1C(O)c1ccc(Cl)cc1. The Kier molecular flexibility index (Phi) is 3.72. The van der Waals surface area contributed by atoms with Crippen LogP contribution in [0.3, 0.4) is 0 Å². The third-order valence-corrected chi connectivity index (χ3v) is 3.20. The maximum absolute atomic E-state index is 10.3. The first-order valence-electron chi connectivity index (χ1n) is 5.27. The minimum absolute atomic E-state index is 0.649. The van der Waals surface area contributed by atoms with Crippen molar-refractivity contribution in [1.82, 2.24) is 0 Å². The molecule has 2 aromatic rings. The molecule has 1 N–H and O–H groups in total. The molecular formula is C14H12Cl2O. The predicted molar refractivity (Wildman–Crippen MR) is 71.7 cm³/mol. The second kappa shape index (κ2) is 5.09. The molecule has 0 aromatic heterocycles. The van der Waals surface area contributed by atoms with E-state index >= 15 is 0 Å². The summed E-state index contributed by atoms with van der Waals surface area (Å²) >= 11 is 11.7. The first-order valence-corrected chi connectivity index (χ1v) is 6.03. The standard InChI is InChI=1S/C14H12Cl2O/c1-9-8-12(16)6-7-13(9)14(17)10-2-4-11(15)5-3-10/h2-8,14,17H,1H3. The Labute approximate surface area is 111 Å². The Morgan fingerprint density at radius 2 is 1.53 bits per heavy atom. The van der Waals surface area contributed by atoms with E-state index in [1.165, 1.54) is 0 Å². The Balaban J connectivity index is 2.36. The van der Waals surface area contributed by atoms with E-state index in [0.717, 1.165) is 16.7 Å². The fourth-order valence-corrected chi connectivity index (χ4v) is 2.12. The zero-order chi connectivity index (χ0) is 12.4. The molecule has 0 heterocycles. The van der Waals surface area contributed by atoms with E-state index in [1.807, 2.05) is 31.2 Å². The molecule has 0 aliphatic carbocycles. The largest absolute Gasteiger partial charge is 0.384 e. The zero-order valence-electron chi connectivity index (χ0n) is 9.32. The molecule has 0 radical (unpaired) electrons. The van der Waals surface area contributed by atoms with Crippen molar-refractivity contribution < 1.29 is 5.11 Å². The van der Waals surface area contributed by atoms with Gasteiger partial charge < -0.3 is 5.11 Å². The minimum atomic E-state index is -0.649. The van der Waals surface area contributed by atoms with Gasteiger partial charge in [0, 0.05) is 10.0 Å². The van der Waals surface area contributed by atoms with Gasteiger partial charge in [0.25, 0.3) is 0 Å². The molecule has 0 aliphatic rings. The topological polar surface area (TPSA) is 20.2 Å². The Hall–Kier alpha value is -1.02. The van der Waals surface area contributed by atoms with E-state index in [-0.39, 0.29) is 0 Å². The first kappa shape index (κ1) is 12.4. The Morgan fingerprint density at radius 1 is 0.941 bits per heavy atom. The fraction of sp³-hybridized carbons (Fsp3) is 0.143. The molecule has 0 aliphatic heterocycles. The molecule has 3 heteroatoms. The molecule has 0 amide bonds. The molecule has 1 nitrogen and oxygen atoms in total. The van der Waals surface area contributed by atoms with Gasteiger partial charge >= 0.3 is 0 Å². The third kappa shape index (κ3) is 2.81. The lowest BCUT2D eigenvalue weighted by molar-refractivity contribution is 0.219. The summed E-state index contributed by atoms with van der Waals surface area (Å²) in [5.74, 6) is 0. The predicted octanol–water partition coefficient (Wildman–Crippen LogP) is 4.38. The quantitative estimate of drug-likeness (QED) is 0.855. The van der Waals surface area contributed by atoms with E-state index in [1.54, 1.807) is 18.2 Å². The van der Waals surface area contributed by atoms with Gasteiger partial charge in [-0.2, -0.15) is 0 Å². The highest BCUT2D eigenvalue weighted by atomic mass is 35.5. The smallest absolute Gasteiger partial charge is 0.104 e. The average Bonchev–Trinajstić information content (AvgIpc) is 2.29. The van der Waals surface area contributed by atoms with Gasteiger partial charge in [-0.1, -0.05) is 41.4 Å². The summed E-state index contributed by atoms with van der Waals surface area (Å²) in [5.41, 5.74) is 2.65. The summed E-state index contributed by atoms with van der Waals surface area (Å²) < 4.78 is 0. The van der Waals surface area contributed by atoms with Gasteiger partial charge in [0.1, 0.15) is 6.10 Å². The number of halogens is 2. The van der Waals surface area contributed by atoms with Crippen molar-refractivity contribution in [3.05, 3.63) is 69.2 Å². The number of aliphatic hydroxyl groups is 1. The van der Waals surface area contributed by atoms with Crippen LogP contribution < -0.4 is 0 Å². The van der Waals surface area contributed by atoms with Gasteiger partial charge in [-0.15, -0.1) is 0 Å². The second-order valence-electron chi connectivity index (χ2n) is 3.95. The van der Waals surface area contributed by atoms with Crippen LogP contribution >= 0.6 is 23.2 Å². The summed E-state index contributed by atoms with van der Waals surface area (Å²) in [5, 5.41) is 11.6. The van der Waals surface area contributed by atoms with E-state index in [4.69, 9.17) is 23.2 Å². The summed E-state index contributed by atoms with van der Waals surface area (Å²) in [7, 11) is 0. The maximum atomic E-state index is 10.3. The third-order valence-electron chi connectivity index (χ3n) is 2.71. The van der Waals surface area contributed by atoms with Gasteiger partial charge in [-0.3, -0.25) is 0 Å². The van der Waals surface area contributed by atoms with Crippen molar-refractivity contribution in [2.45, 2.75) is 13.0 Å². The summed E-state index contributed by atoms with van der Waals surface area (Å²) in [6.45, 7) is 1.93. The molecular weight excluding hydrogens is 255 g/mol.